The molecule has 0 saturated heterocycles. The lowest BCUT2D eigenvalue weighted by molar-refractivity contribution is -0.115. The van der Waals surface area contributed by atoms with Crippen molar-refractivity contribution in [2.45, 2.75) is 18.2 Å². The van der Waals surface area contributed by atoms with E-state index in [2.05, 4.69) is 10.4 Å². The van der Waals surface area contributed by atoms with Crippen LogP contribution in [0.4, 0.5) is 5.69 Å². The van der Waals surface area contributed by atoms with Gasteiger partial charge in [-0.3, -0.25) is 4.79 Å². The molecule has 3 rings (SSSR count). The van der Waals surface area contributed by atoms with E-state index >= 15 is 0 Å². The third-order valence-corrected chi connectivity index (χ3v) is 4.54. The van der Waals surface area contributed by atoms with Crippen LogP contribution in [0.15, 0.2) is 59.8 Å². The molecule has 1 heterocycles. The number of nitriles is 1. The van der Waals surface area contributed by atoms with E-state index in [-0.39, 0.29) is 17.2 Å². The number of hydrogen-bond donors (Lipinski definition) is 2. The average molecular weight is 380 g/mol. The van der Waals surface area contributed by atoms with E-state index in [1.165, 1.54) is 23.1 Å². The van der Waals surface area contributed by atoms with Gasteiger partial charge in [0.15, 0.2) is 11.1 Å². The lowest BCUT2D eigenvalue weighted by Crippen LogP contribution is -2.15. The molecule has 1 unspecified atom stereocenters. The van der Waals surface area contributed by atoms with Crippen LogP contribution in [0.1, 0.15) is 16.7 Å². The molecule has 8 heteroatoms. The molecule has 0 bridgehead atoms. The van der Waals surface area contributed by atoms with Crippen LogP contribution < -0.4 is 5.32 Å². The number of nitrogens with zero attached hydrogens (tertiary/aromatic N) is 3. The molecule has 0 aliphatic rings. The summed E-state index contributed by atoms with van der Waals surface area (Å²) in [6.07, 6.45) is 3.02. The quantitative estimate of drug-likeness (QED) is 0.662. The molecule has 3 aromatic rings. The van der Waals surface area contributed by atoms with Crippen molar-refractivity contribution in [3.8, 4) is 11.8 Å². The lowest BCUT2D eigenvalue weighted by atomic mass is 10.1. The molecule has 0 saturated carbocycles. The molecule has 2 aromatic carbocycles. The highest BCUT2D eigenvalue weighted by Gasteiger charge is 2.14. The number of amides is 1. The summed E-state index contributed by atoms with van der Waals surface area (Å²) in [5.41, 5.74) is 3.05. The van der Waals surface area contributed by atoms with Crippen molar-refractivity contribution >= 4 is 22.7 Å². The molecule has 1 amide bonds. The van der Waals surface area contributed by atoms with E-state index in [4.69, 9.17) is 5.26 Å². The Bertz CT molecular complexity index is 1070. The van der Waals surface area contributed by atoms with Crippen molar-refractivity contribution < 1.29 is 13.6 Å². The molecule has 1 aromatic heterocycles. The second-order valence-corrected chi connectivity index (χ2v) is 6.87. The van der Waals surface area contributed by atoms with Gasteiger partial charge in [0.1, 0.15) is 6.07 Å². The maximum atomic E-state index is 12.3. The van der Waals surface area contributed by atoms with E-state index < -0.39 is 11.1 Å². The van der Waals surface area contributed by atoms with Gasteiger partial charge >= 0.3 is 0 Å². The minimum atomic E-state index is -2.29. The number of aromatic nitrogens is 2. The van der Waals surface area contributed by atoms with E-state index in [1.54, 1.807) is 12.1 Å². The minimum absolute atomic E-state index is 0.0796. The summed E-state index contributed by atoms with van der Waals surface area (Å²) in [4.78, 5) is 12.3. The van der Waals surface area contributed by atoms with Gasteiger partial charge in [0.2, 0.25) is 5.91 Å². The van der Waals surface area contributed by atoms with Crippen LogP contribution in [0, 0.1) is 18.3 Å². The highest BCUT2D eigenvalue weighted by molar-refractivity contribution is 7.79. The Hall–Kier alpha value is -3.28. The fraction of sp³-hybridized carbons (Fsp3) is 0.105. The van der Waals surface area contributed by atoms with Crippen molar-refractivity contribution in [1.82, 2.24) is 9.78 Å². The van der Waals surface area contributed by atoms with Gasteiger partial charge in [-0.05, 0) is 30.7 Å². The molecular weight excluding hydrogens is 364 g/mol. The van der Waals surface area contributed by atoms with Crippen molar-refractivity contribution in [2.24, 2.45) is 0 Å². The van der Waals surface area contributed by atoms with Crippen LogP contribution in [0.2, 0.25) is 0 Å². The second-order valence-electron chi connectivity index (χ2n) is 5.93. The van der Waals surface area contributed by atoms with Crippen LogP contribution in [0.3, 0.4) is 0 Å². The number of nitrogens with one attached hydrogen (secondary N) is 1. The molecule has 0 aliphatic heterocycles. The zero-order chi connectivity index (χ0) is 19.4. The number of aryl methyl sites for hydroxylation is 1. The minimum Gasteiger partial charge on any atom is -0.326 e. The highest BCUT2D eigenvalue weighted by atomic mass is 32.2. The van der Waals surface area contributed by atoms with Crippen LogP contribution in [0.25, 0.3) is 5.69 Å². The smallest absolute Gasteiger partial charge is 0.228 e. The first kappa shape index (κ1) is 18.5. The van der Waals surface area contributed by atoms with Crippen molar-refractivity contribution in [1.29, 1.82) is 5.26 Å². The first-order valence-electron chi connectivity index (χ1n) is 8.01. The van der Waals surface area contributed by atoms with Gasteiger partial charge in [-0.25, -0.2) is 8.89 Å². The number of rotatable bonds is 5. The molecule has 1 atom stereocenters. The van der Waals surface area contributed by atoms with Crippen LogP contribution in [0.5, 0.6) is 0 Å². The standard InChI is InChI=1S/C19H16N4O3S/c1-13-3-2-4-14(7-13)8-19(24)22-16-5-6-17(18(9-16)27(25)26)23-12-15(10-20)11-21-23/h2-7,9,11-12H,8H2,1H3,(H,22,24)(H,25,26). The Labute approximate surface area is 158 Å². The summed E-state index contributed by atoms with van der Waals surface area (Å²) in [5.74, 6) is -0.228. The predicted octanol–water partition coefficient (Wildman–Crippen LogP) is 2.81. The Morgan fingerprint density at radius 2 is 2.15 bits per heavy atom. The number of carbonyl (C=O) groups excluding carboxylic acids is 1. The first-order valence-corrected chi connectivity index (χ1v) is 9.12. The van der Waals surface area contributed by atoms with E-state index in [9.17, 15) is 13.6 Å². The normalized spacial score (nSPS) is 11.6. The van der Waals surface area contributed by atoms with Gasteiger partial charge in [0.05, 0.1) is 28.8 Å². The summed E-state index contributed by atoms with van der Waals surface area (Å²) in [6, 6.07) is 14.2. The second kappa shape index (κ2) is 7.95. The topological polar surface area (TPSA) is 108 Å². The number of benzene rings is 2. The van der Waals surface area contributed by atoms with Crippen molar-refractivity contribution in [3.05, 3.63) is 71.5 Å². The van der Waals surface area contributed by atoms with Gasteiger partial charge in [-0.15, -0.1) is 0 Å². The molecule has 0 spiro atoms. The van der Waals surface area contributed by atoms with Gasteiger partial charge in [0.25, 0.3) is 0 Å². The van der Waals surface area contributed by atoms with Gasteiger partial charge < -0.3 is 9.87 Å². The highest BCUT2D eigenvalue weighted by Crippen LogP contribution is 2.22. The van der Waals surface area contributed by atoms with E-state index in [1.807, 2.05) is 37.3 Å². The Morgan fingerprint density at radius 1 is 1.33 bits per heavy atom. The fourth-order valence-electron chi connectivity index (χ4n) is 2.65. The van der Waals surface area contributed by atoms with E-state index in [0.717, 1.165) is 11.1 Å². The predicted molar refractivity (Wildman–Crippen MR) is 101 cm³/mol. The summed E-state index contributed by atoms with van der Waals surface area (Å²) in [7, 11) is 0. The Balaban J connectivity index is 1.82. The van der Waals surface area contributed by atoms with E-state index in [0.29, 0.717) is 16.9 Å². The van der Waals surface area contributed by atoms with Gasteiger partial charge in [-0.1, -0.05) is 29.8 Å². The van der Waals surface area contributed by atoms with Crippen LogP contribution in [-0.4, -0.2) is 24.4 Å². The molecule has 0 fully saturated rings. The van der Waals surface area contributed by atoms with Gasteiger partial charge in [-0.2, -0.15) is 10.4 Å². The van der Waals surface area contributed by atoms with Crippen molar-refractivity contribution in [3.63, 3.8) is 0 Å². The average Bonchev–Trinajstić information content (AvgIpc) is 3.10. The number of carbonyl (C=O) groups is 1. The summed E-state index contributed by atoms with van der Waals surface area (Å²) >= 11 is -2.29. The number of hydrogen-bond acceptors (Lipinski definition) is 4. The van der Waals surface area contributed by atoms with Crippen LogP contribution in [-0.2, 0) is 22.3 Å². The molecular formula is C19H16N4O3S. The zero-order valence-electron chi connectivity index (χ0n) is 14.4. The largest absolute Gasteiger partial charge is 0.326 e. The maximum Gasteiger partial charge on any atom is 0.228 e. The lowest BCUT2D eigenvalue weighted by Gasteiger charge is -2.11. The first-order chi connectivity index (χ1) is 13.0. The number of anilines is 1. The fourth-order valence-corrected chi connectivity index (χ4v) is 3.21. The monoisotopic (exact) mass is 380 g/mol. The van der Waals surface area contributed by atoms with Crippen LogP contribution >= 0.6 is 0 Å². The molecule has 2 N–H and O–H groups in total. The van der Waals surface area contributed by atoms with Crippen molar-refractivity contribution in [2.75, 3.05) is 5.32 Å². The molecule has 0 aliphatic carbocycles. The summed E-state index contributed by atoms with van der Waals surface area (Å²) in [5, 5.41) is 15.6. The molecule has 136 valence electrons. The molecule has 0 radical (unpaired) electrons. The molecule has 27 heavy (non-hydrogen) atoms. The Morgan fingerprint density at radius 3 is 2.81 bits per heavy atom. The SMILES string of the molecule is Cc1cccc(CC(=O)Nc2ccc(-n3cc(C#N)cn3)c(S(=O)O)c2)c1. The summed E-state index contributed by atoms with van der Waals surface area (Å²) < 4.78 is 22.7. The summed E-state index contributed by atoms with van der Waals surface area (Å²) in [6.45, 7) is 1.95. The maximum absolute atomic E-state index is 12.3. The third-order valence-electron chi connectivity index (χ3n) is 3.84. The Kier molecular flexibility index (Phi) is 5.45. The third kappa shape index (κ3) is 4.47. The molecule has 7 nitrogen and oxygen atoms in total. The zero-order valence-corrected chi connectivity index (χ0v) is 15.2. The van der Waals surface area contributed by atoms with Gasteiger partial charge in [0, 0.05) is 11.9 Å².